The molecule has 21 heavy (non-hydrogen) atoms. The monoisotopic (exact) mass is 282 g/mol. The average molecular weight is 282 g/mol. The minimum absolute atomic E-state index is 0.0877. The number of benzene rings is 1. The molecule has 3 rings (SSSR count). The molecule has 1 aromatic carbocycles. The van der Waals surface area contributed by atoms with Gasteiger partial charge in [-0.3, -0.25) is 4.79 Å². The van der Waals surface area contributed by atoms with Crippen LogP contribution in [0, 0.1) is 5.41 Å². The second kappa shape index (κ2) is 5.88. The van der Waals surface area contributed by atoms with Crippen molar-refractivity contribution in [3.8, 4) is 0 Å². The van der Waals surface area contributed by atoms with Crippen molar-refractivity contribution < 1.29 is 9.53 Å². The molecule has 1 aromatic rings. The molecule has 2 aliphatic carbocycles. The van der Waals surface area contributed by atoms with Crippen molar-refractivity contribution in [3.05, 3.63) is 59.2 Å². The molecule has 0 radical (unpaired) electrons. The molecule has 0 aliphatic heterocycles. The molecular weight excluding hydrogens is 260 g/mol. The first-order valence-corrected chi connectivity index (χ1v) is 7.90. The quantitative estimate of drug-likeness (QED) is 0.756. The maximum atomic E-state index is 12.5. The van der Waals surface area contributed by atoms with Gasteiger partial charge in [0.25, 0.3) is 0 Å². The smallest absolute Gasteiger partial charge is 0.320 e. The summed E-state index contributed by atoms with van der Waals surface area (Å²) in [7, 11) is 0. The van der Waals surface area contributed by atoms with Gasteiger partial charge in [0.05, 0.1) is 6.61 Å². The van der Waals surface area contributed by atoms with Gasteiger partial charge in [0.15, 0.2) is 0 Å². The van der Waals surface area contributed by atoms with E-state index in [9.17, 15) is 4.79 Å². The van der Waals surface area contributed by atoms with Crippen molar-refractivity contribution in [2.24, 2.45) is 5.41 Å². The molecule has 0 N–H and O–H groups in total. The first kappa shape index (κ1) is 14.1. The number of ether oxygens (including phenoxy) is 1. The Morgan fingerprint density at radius 2 is 2.05 bits per heavy atom. The number of allylic oxidation sites excluding steroid dienone is 2. The van der Waals surface area contributed by atoms with Crippen LogP contribution in [0.15, 0.2) is 53.6 Å². The zero-order chi connectivity index (χ0) is 14.7. The van der Waals surface area contributed by atoms with E-state index in [1.807, 2.05) is 25.1 Å². The van der Waals surface area contributed by atoms with Gasteiger partial charge in [-0.05, 0) is 55.7 Å². The van der Waals surface area contributed by atoms with Crippen LogP contribution in [-0.2, 0) is 16.0 Å². The Morgan fingerprint density at radius 1 is 1.24 bits per heavy atom. The Kier molecular flexibility index (Phi) is 3.96. The van der Waals surface area contributed by atoms with Crippen molar-refractivity contribution in [2.75, 3.05) is 6.61 Å². The molecule has 0 saturated carbocycles. The zero-order valence-electron chi connectivity index (χ0n) is 12.6. The van der Waals surface area contributed by atoms with Crippen LogP contribution in [0.25, 0.3) is 0 Å². The molecule has 1 unspecified atom stereocenters. The van der Waals surface area contributed by atoms with Crippen LogP contribution in [0.4, 0.5) is 0 Å². The van der Waals surface area contributed by atoms with Crippen LogP contribution in [-0.4, -0.2) is 12.6 Å². The number of carbonyl (C=O) groups excluding carboxylic acids is 1. The van der Waals surface area contributed by atoms with Crippen LogP contribution >= 0.6 is 0 Å². The number of esters is 1. The normalized spacial score (nSPS) is 24.0. The minimum atomic E-state index is -0.499. The van der Waals surface area contributed by atoms with Crippen molar-refractivity contribution in [1.82, 2.24) is 0 Å². The Hall–Kier alpha value is -1.83. The first-order valence-electron chi connectivity index (χ1n) is 7.90. The van der Waals surface area contributed by atoms with Crippen molar-refractivity contribution in [2.45, 2.75) is 39.0 Å². The summed E-state index contributed by atoms with van der Waals surface area (Å²) in [5, 5.41) is 0. The molecule has 0 bridgehead atoms. The number of hydrogen-bond donors (Lipinski definition) is 0. The lowest BCUT2D eigenvalue weighted by molar-refractivity contribution is -0.148. The molecule has 2 aliphatic rings. The van der Waals surface area contributed by atoms with E-state index in [2.05, 4.69) is 24.3 Å². The number of rotatable bonds is 5. The van der Waals surface area contributed by atoms with Gasteiger partial charge in [-0.15, -0.1) is 0 Å². The summed E-state index contributed by atoms with van der Waals surface area (Å²) in [5.74, 6) is -0.0877. The van der Waals surface area contributed by atoms with E-state index in [0.717, 1.165) is 19.3 Å². The lowest BCUT2D eigenvalue weighted by atomic mass is 9.86. The average Bonchev–Trinajstić information content (AvgIpc) is 3.25. The summed E-state index contributed by atoms with van der Waals surface area (Å²) in [6.07, 6.45) is 9.88. The van der Waals surface area contributed by atoms with Gasteiger partial charge >= 0.3 is 5.97 Å². The second-order valence-corrected chi connectivity index (χ2v) is 5.89. The van der Waals surface area contributed by atoms with Gasteiger partial charge in [-0.1, -0.05) is 42.5 Å². The topological polar surface area (TPSA) is 26.3 Å². The largest absolute Gasteiger partial charge is 0.465 e. The van der Waals surface area contributed by atoms with Gasteiger partial charge in [-0.25, -0.2) is 0 Å². The number of carbonyl (C=O) groups is 1. The van der Waals surface area contributed by atoms with Crippen LogP contribution in [0.1, 0.15) is 38.2 Å². The van der Waals surface area contributed by atoms with Gasteiger partial charge in [0, 0.05) is 0 Å². The van der Waals surface area contributed by atoms with Crippen molar-refractivity contribution in [3.63, 3.8) is 0 Å². The van der Waals surface area contributed by atoms with Gasteiger partial charge in [0.1, 0.15) is 5.41 Å². The predicted octanol–water partition coefficient (Wildman–Crippen LogP) is 4.22. The summed E-state index contributed by atoms with van der Waals surface area (Å²) in [5.41, 5.74) is 3.27. The SMILES string of the molecule is CCOC(=O)C1(Cc2ccccc2)C=C1C1=CCCCC1. The molecule has 0 saturated heterocycles. The van der Waals surface area contributed by atoms with Gasteiger partial charge < -0.3 is 4.74 Å². The molecule has 1 atom stereocenters. The summed E-state index contributed by atoms with van der Waals surface area (Å²) < 4.78 is 5.34. The molecule has 0 spiro atoms. The summed E-state index contributed by atoms with van der Waals surface area (Å²) in [6, 6.07) is 10.2. The van der Waals surface area contributed by atoms with E-state index in [-0.39, 0.29) is 5.97 Å². The molecule has 0 aromatic heterocycles. The van der Waals surface area contributed by atoms with Crippen molar-refractivity contribution in [1.29, 1.82) is 0 Å². The Bertz CT molecular complexity index is 583. The molecular formula is C19H22O2. The van der Waals surface area contributed by atoms with E-state index in [1.165, 1.54) is 29.6 Å². The highest BCUT2D eigenvalue weighted by atomic mass is 16.5. The third-order valence-corrected chi connectivity index (χ3v) is 4.39. The highest BCUT2D eigenvalue weighted by Gasteiger charge is 2.53. The Labute approximate surface area is 126 Å². The Morgan fingerprint density at radius 3 is 2.71 bits per heavy atom. The third-order valence-electron chi connectivity index (χ3n) is 4.39. The standard InChI is InChI=1S/C19H22O2/c1-2-21-18(20)19(13-15-9-5-3-6-10-15)14-17(19)16-11-7-4-8-12-16/h3,5-6,9-11,14H,2,4,7-8,12-13H2,1H3. The maximum absolute atomic E-state index is 12.5. The van der Waals surface area contributed by atoms with Crippen molar-refractivity contribution >= 4 is 5.97 Å². The highest BCUT2D eigenvalue weighted by Crippen LogP contribution is 2.53. The molecule has 110 valence electrons. The van der Waals surface area contributed by atoms with Gasteiger partial charge in [-0.2, -0.15) is 0 Å². The van der Waals surface area contributed by atoms with E-state index < -0.39 is 5.41 Å². The molecule has 0 amide bonds. The van der Waals surface area contributed by atoms with Crippen LogP contribution in [0.2, 0.25) is 0 Å². The fourth-order valence-corrected chi connectivity index (χ4v) is 3.24. The van der Waals surface area contributed by atoms with E-state index >= 15 is 0 Å². The maximum Gasteiger partial charge on any atom is 0.320 e. The number of hydrogen-bond acceptors (Lipinski definition) is 2. The predicted molar refractivity (Wildman–Crippen MR) is 83.8 cm³/mol. The fraction of sp³-hybridized carbons (Fsp3) is 0.421. The van der Waals surface area contributed by atoms with E-state index in [1.54, 1.807) is 0 Å². The lowest BCUT2D eigenvalue weighted by Crippen LogP contribution is -2.25. The minimum Gasteiger partial charge on any atom is -0.465 e. The summed E-state index contributed by atoms with van der Waals surface area (Å²) in [6.45, 7) is 2.31. The van der Waals surface area contributed by atoms with Crippen LogP contribution in [0.5, 0.6) is 0 Å². The zero-order valence-corrected chi connectivity index (χ0v) is 12.6. The molecule has 0 fully saturated rings. The van der Waals surface area contributed by atoms with Crippen LogP contribution in [0.3, 0.4) is 0 Å². The first-order chi connectivity index (χ1) is 10.3. The van der Waals surface area contributed by atoms with Gasteiger partial charge in [0.2, 0.25) is 0 Å². The Balaban J connectivity index is 1.81. The van der Waals surface area contributed by atoms with Crippen LogP contribution < -0.4 is 0 Å². The fourth-order valence-electron chi connectivity index (χ4n) is 3.24. The van der Waals surface area contributed by atoms with E-state index in [0.29, 0.717) is 6.61 Å². The molecule has 0 heterocycles. The van der Waals surface area contributed by atoms with E-state index in [4.69, 9.17) is 4.74 Å². The highest BCUT2D eigenvalue weighted by molar-refractivity contribution is 5.91. The lowest BCUT2D eigenvalue weighted by Gasteiger charge is -2.20. The summed E-state index contributed by atoms with van der Waals surface area (Å²) >= 11 is 0. The molecule has 2 heteroatoms. The second-order valence-electron chi connectivity index (χ2n) is 5.89. The third kappa shape index (κ3) is 2.80. The summed E-state index contributed by atoms with van der Waals surface area (Å²) in [4.78, 5) is 12.5. The molecule has 2 nitrogen and oxygen atoms in total.